The van der Waals surface area contributed by atoms with Gasteiger partial charge in [0.2, 0.25) is 15.9 Å². The van der Waals surface area contributed by atoms with E-state index in [0.717, 1.165) is 11.3 Å². The molecule has 0 unspecified atom stereocenters. The number of amides is 1. The Morgan fingerprint density at radius 1 is 1.07 bits per heavy atom. The molecule has 1 aliphatic heterocycles. The molecule has 1 saturated heterocycles. The lowest BCUT2D eigenvalue weighted by Gasteiger charge is -2.33. The highest BCUT2D eigenvalue weighted by Gasteiger charge is 2.29. The Bertz CT molecular complexity index is 982. The third-order valence-electron chi connectivity index (χ3n) is 4.63. The van der Waals surface area contributed by atoms with Crippen molar-refractivity contribution < 1.29 is 17.9 Å². The molecule has 2 aromatic carbocycles. The van der Waals surface area contributed by atoms with E-state index in [9.17, 15) is 13.2 Å². The summed E-state index contributed by atoms with van der Waals surface area (Å²) in [4.78, 5) is 14.4. The van der Waals surface area contributed by atoms with Crippen LogP contribution >= 0.6 is 11.6 Å². The first-order chi connectivity index (χ1) is 13.9. The van der Waals surface area contributed by atoms with E-state index in [2.05, 4.69) is 0 Å². The number of piperazine rings is 1. The summed E-state index contributed by atoms with van der Waals surface area (Å²) in [6.45, 7) is 3.62. The van der Waals surface area contributed by atoms with Crippen LogP contribution in [0.3, 0.4) is 0 Å². The third kappa shape index (κ3) is 5.18. The molecule has 1 heterocycles. The highest BCUT2D eigenvalue weighted by molar-refractivity contribution is 7.89. The summed E-state index contributed by atoms with van der Waals surface area (Å²) in [5.41, 5.74) is 0.826. The molecule has 1 amide bonds. The van der Waals surface area contributed by atoms with Crippen LogP contribution in [0.5, 0.6) is 5.75 Å². The first kappa shape index (κ1) is 21.4. The van der Waals surface area contributed by atoms with Gasteiger partial charge in [-0.2, -0.15) is 4.31 Å². The molecule has 1 fully saturated rings. The molecular formula is C21H23ClN2O4S. The SMILES string of the molecule is CCOc1ccccc1/C=C/C(=O)N1CCN(S(=O)(=O)c2ccc(Cl)cc2)CC1. The zero-order valence-electron chi connectivity index (χ0n) is 16.1. The van der Waals surface area contributed by atoms with E-state index in [-0.39, 0.29) is 23.9 Å². The molecule has 0 radical (unpaired) electrons. The Balaban J connectivity index is 1.62. The predicted octanol–water partition coefficient (Wildman–Crippen LogP) is 3.29. The Hall–Kier alpha value is -2.35. The Morgan fingerprint density at radius 2 is 1.72 bits per heavy atom. The van der Waals surface area contributed by atoms with Crippen molar-refractivity contribution in [2.24, 2.45) is 0 Å². The van der Waals surface area contributed by atoms with Crippen LogP contribution in [0.1, 0.15) is 12.5 Å². The lowest BCUT2D eigenvalue weighted by Crippen LogP contribution is -2.50. The summed E-state index contributed by atoms with van der Waals surface area (Å²) in [7, 11) is -3.59. The van der Waals surface area contributed by atoms with Gasteiger partial charge in [-0.3, -0.25) is 4.79 Å². The molecular weight excluding hydrogens is 412 g/mol. The van der Waals surface area contributed by atoms with Gasteiger partial charge in [0.15, 0.2) is 0 Å². The van der Waals surface area contributed by atoms with Crippen molar-refractivity contribution in [3.05, 3.63) is 65.2 Å². The lowest BCUT2D eigenvalue weighted by molar-refractivity contribution is -0.127. The number of ether oxygens (including phenoxy) is 1. The van der Waals surface area contributed by atoms with Crippen molar-refractivity contribution in [2.45, 2.75) is 11.8 Å². The van der Waals surface area contributed by atoms with Crippen LogP contribution in [0, 0.1) is 0 Å². The summed E-state index contributed by atoms with van der Waals surface area (Å²) in [5.74, 6) is 0.567. The Kier molecular flexibility index (Phi) is 6.95. The van der Waals surface area contributed by atoms with Crippen molar-refractivity contribution in [3.8, 4) is 5.75 Å². The average Bonchev–Trinajstić information content (AvgIpc) is 2.73. The Morgan fingerprint density at radius 3 is 2.38 bits per heavy atom. The zero-order valence-corrected chi connectivity index (χ0v) is 17.7. The first-order valence-electron chi connectivity index (χ1n) is 9.36. The zero-order chi connectivity index (χ0) is 20.9. The monoisotopic (exact) mass is 434 g/mol. The molecule has 0 N–H and O–H groups in total. The summed E-state index contributed by atoms with van der Waals surface area (Å²) < 4.78 is 32.4. The van der Waals surface area contributed by atoms with Gasteiger partial charge >= 0.3 is 0 Å². The molecule has 0 bridgehead atoms. The highest BCUT2D eigenvalue weighted by atomic mass is 35.5. The molecule has 0 aromatic heterocycles. The smallest absolute Gasteiger partial charge is 0.246 e. The standard InChI is InChI=1S/C21H23ClN2O4S/c1-2-28-20-6-4-3-5-17(20)7-12-21(25)23-13-15-24(16-14-23)29(26,27)19-10-8-18(22)9-11-19/h3-12H,2,13-16H2,1H3/b12-7+. The lowest BCUT2D eigenvalue weighted by atomic mass is 10.2. The van der Waals surface area contributed by atoms with Crippen LogP contribution in [0.4, 0.5) is 0 Å². The van der Waals surface area contributed by atoms with Crippen LogP contribution in [0.2, 0.25) is 5.02 Å². The van der Waals surface area contributed by atoms with E-state index in [1.165, 1.54) is 22.5 Å². The molecule has 29 heavy (non-hydrogen) atoms. The fourth-order valence-corrected chi connectivity index (χ4v) is 4.62. The number of halogens is 1. The van der Waals surface area contributed by atoms with Gasteiger partial charge in [0, 0.05) is 42.8 Å². The topological polar surface area (TPSA) is 66.9 Å². The maximum absolute atomic E-state index is 12.7. The largest absolute Gasteiger partial charge is 0.493 e. The number of benzene rings is 2. The summed E-state index contributed by atoms with van der Waals surface area (Å²) >= 11 is 5.84. The number of para-hydroxylation sites is 1. The minimum absolute atomic E-state index is 0.153. The molecule has 0 saturated carbocycles. The predicted molar refractivity (Wildman–Crippen MR) is 113 cm³/mol. The maximum atomic E-state index is 12.7. The van der Waals surface area contributed by atoms with Gasteiger partial charge in [-0.05, 0) is 43.3 Å². The summed E-state index contributed by atoms with van der Waals surface area (Å²) in [5, 5.41) is 0.483. The molecule has 8 heteroatoms. The van der Waals surface area contributed by atoms with Gasteiger partial charge in [0.1, 0.15) is 5.75 Å². The fraction of sp³-hybridized carbons (Fsp3) is 0.286. The van der Waals surface area contributed by atoms with Crippen LogP contribution in [0.25, 0.3) is 6.08 Å². The maximum Gasteiger partial charge on any atom is 0.246 e. The van der Waals surface area contributed by atoms with Crippen molar-refractivity contribution in [1.82, 2.24) is 9.21 Å². The van der Waals surface area contributed by atoms with Crippen LogP contribution in [0.15, 0.2) is 59.5 Å². The number of rotatable bonds is 6. The minimum atomic E-state index is -3.59. The Labute approximate surface area is 176 Å². The quantitative estimate of drug-likeness (QED) is 0.654. The molecule has 0 spiro atoms. The fourth-order valence-electron chi connectivity index (χ4n) is 3.08. The van der Waals surface area contributed by atoms with Crippen LogP contribution < -0.4 is 4.74 Å². The normalized spacial score (nSPS) is 15.6. The van der Waals surface area contributed by atoms with E-state index in [4.69, 9.17) is 16.3 Å². The molecule has 0 aliphatic carbocycles. The summed E-state index contributed by atoms with van der Waals surface area (Å²) in [6, 6.07) is 13.6. The molecule has 0 atom stereocenters. The van der Waals surface area contributed by atoms with E-state index in [0.29, 0.717) is 24.7 Å². The van der Waals surface area contributed by atoms with E-state index in [1.54, 1.807) is 23.1 Å². The molecule has 154 valence electrons. The van der Waals surface area contributed by atoms with Crippen molar-refractivity contribution >= 4 is 33.6 Å². The van der Waals surface area contributed by atoms with Gasteiger partial charge in [0.05, 0.1) is 11.5 Å². The van der Waals surface area contributed by atoms with Crippen molar-refractivity contribution in [2.75, 3.05) is 32.8 Å². The highest BCUT2D eigenvalue weighted by Crippen LogP contribution is 2.21. The van der Waals surface area contributed by atoms with Crippen LogP contribution in [-0.2, 0) is 14.8 Å². The second-order valence-electron chi connectivity index (χ2n) is 6.49. The second kappa shape index (κ2) is 9.43. The minimum Gasteiger partial charge on any atom is -0.493 e. The number of hydrogen-bond donors (Lipinski definition) is 0. The van der Waals surface area contributed by atoms with E-state index < -0.39 is 10.0 Å². The number of carbonyl (C=O) groups excluding carboxylic acids is 1. The van der Waals surface area contributed by atoms with Gasteiger partial charge in [-0.25, -0.2) is 8.42 Å². The van der Waals surface area contributed by atoms with E-state index in [1.807, 2.05) is 31.2 Å². The molecule has 2 aromatic rings. The third-order valence-corrected chi connectivity index (χ3v) is 6.79. The van der Waals surface area contributed by atoms with Gasteiger partial charge in [-0.1, -0.05) is 29.8 Å². The van der Waals surface area contributed by atoms with Crippen LogP contribution in [-0.4, -0.2) is 56.3 Å². The first-order valence-corrected chi connectivity index (χ1v) is 11.2. The number of sulfonamides is 1. The average molecular weight is 435 g/mol. The molecule has 1 aliphatic rings. The van der Waals surface area contributed by atoms with Crippen molar-refractivity contribution in [3.63, 3.8) is 0 Å². The van der Waals surface area contributed by atoms with E-state index >= 15 is 0 Å². The van der Waals surface area contributed by atoms with Gasteiger partial charge in [-0.15, -0.1) is 0 Å². The number of nitrogens with zero attached hydrogens (tertiary/aromatic N) is 2. The molecule has 3 rings (SSSR count). The summed E-state index contributed by atoms with van der Waals surface area (Å²) in [6.07, 6.45) is 3.23. The van der Waals surface area contributed by atoms with Crippen molar-refractivity contribution in [1.29, 1.82) is 0 Å². The second-order valence-corrected chi connectivity index (χ2v) is 8.86. The van der Waals surface area contributed by atoms with Gasteiger partial charge in [0.25, 0.3) is 0 Å². The number of carbonyl (C=O) groups is 1. The molecule has 6 nitrogen and oxygen atoms in total. The van der Waals surface area contributed by atoms with Gasteiger partial charge < -0.3 is 9.64 Å². The number of hydrogen-bond acceptors (Lipinski definition) is 4.